The monoisotopic (exact) mass is 345 g/mol. The van der Waals surface area contributed by atoms with Crippen molar-refractivity contribution < 1.29 is 18.9 Å². The Hall–Kier alpha value is -0.820. The van der Waals surface area contributed by atoms with Gasteiger partial charge in [-0.15, -0.1) is 0 Å². The molecule has 1 aromatic rings. The molecule has 1 unspecified atom stereocenters. The van der Waals surface area contributed by atoms with E-state index in [0.717, 1.165) is 28.9 Å². The van der Waals surface area contributed by atoms with Crippen LogP contribution in [-0.2, 0) is 16.0 Å². The summed E-state index contributed by atoms with van der Waals surface area (Å²) in [5.74, 6) is 1.44. The van der Waals surface area contributed by atoms with Crippen molar-refractivity contribution in [2.75, 3.05) is 40.6 Å². The molecule has 0 amide bonds. The van der Waals surface area contributed by atoms with Crippen LogP contribution in [0.5, 0.6) is 11.5 Å². The molecule has 1 saturated heterocycles. The smallest absolute Gasteiger partial charge is 0.161 e. The van der Waals surface area contributed by atoms with E-state index in [-0.39, 0.29) is 6.10 Å². The topological polar surface area (TPSA) is 49.0 Å². The van der Waals surface area contributed by atoms with E-state index in [1.54, 1.807) is 14.2 Å². The van der Waals surface area contributed by atoms with Gasteiger partial charge in [0.2, 0.25) is 0 Å². The third kappa shape index (κ3) is 4.09. The first kappa shape index (κ1) is 15.6. The summed E-state index contributed by atoms with van der Waals surface area (Å²) in [5, 5.41) is 3.37. The molecule has 1 heterocycles. The molecule has 0 bridgehead atoms. The fourth-order valence-corrected chi connectivity index (χ4v) is 2.52. The van der Waals surface area contributed by atoms with Gasteiger partial charge < -0.3 is 24.3 Å². The Labute approximate surface area is 127 Å². The molecule has 2 rings (SSSR count). The van der Waals surface area contributed by atoms with Crippen molar-refractivity contribution in [3.05, 3.63) is 22.2 Å². The maximum atomic E-state index is 5.58. The maximum Gasteiger partial charge on any atom is 0.161 e. The Morgan fingerprint density at radius 1 is 1.25 bits per heavy atom. The Morgan fingerprint density at radius 3 is 2.65 bits per heavy atom. The Kier molecular flexibility index (Phi) is 6.09. The lowest BCUT2D eigenvalue weighted by Crippen LogP contribution is -2.37. The minimum absolute atomic E-state index is 0.127. The van der Waals surface area contributed by atoms with Crippen LogP contribution in [-0.4, -0.2) is 46.7 Å². The van der Waals surface area contributed by atoms with E-state index in [2.05, 4.69) is 21.2 Å². The summed E-state index contributed by atoms with van der Waals surface area (Å²) >= 11 is 3.55. The maximum absolute atomic E-state index is 5.58. The van der Waals surface area contributed by atoms with Crippen molar-refractivity contribution in [2.24, 2.45) is 0 Å². The number of methoxy groups -OCH3 is 2. The quantitative estimate of drug-likeness (QED) is 0.854. The molecule has 0 radical (unpaired) electrons. The van der Waals surface area contributed by atoms with Gasteiger partial charge in [-0.1, -0.05) is 15.9 Å². The second kappa shape index (κ2) is 7.83. The number of rotatable bonds is 6. The van der Waals surface area contributed by atoms with E-state index in [4.69, 9.17) is 18.9 Å². The van der Waals surface area contributed by atoms with Crippen molar-refractivity contribution in [2.45, 2.75) is 12.6 Å². The van der Waals surface area contributed by atoms with Crippen molar-refractivity contribution in [3.63, 3.8) is 0 Å². The van der Waals surface area contributed by atoms with Crippen LogP contribution in [0.2, 0.25) is 0 Å². The lowest BCUT2D eigenvalue weighted by atomic mass is 10.2. The first-order valence-electron chi connectivity index (χ1n) is 6.55. The van der Waals surface area contributed by atoms with E-state index in [1.165, 1.54) is 0 Å². The largest absolute Gasteiger partial charge is 0.493 e. The highest BCUT2D eigenvalue weighted by atomic mass is 79.9. The Bertz CT molecular complexity index is 435. The highest BCUT2D eigenvalue weighted by Crippen LogP contribution is 2.33. The van der Waals surface area contributed by atoms with Crippen LogP contribution in [0.15, 0.2) is 16.6 Å². The fraction of sp³-hybridized carbons (Fsp3) is 0.571. The van der Waals surface area contributed by atoms with Crippen LogP contribution < -0.4 is 14.8 Å². The third-order valence-electron chi connectivity index (χ3n) is 3.13. The van der Waals surface area contributed by atoms with E-state index in [0.29, 0.717) is 25.6 Å². The number of benzene rings is 1. The summed E-state index contributed by atoms with van der Waals surface area (Å²) in [6.45, 7) is 3.51. The van der Waals surface area contributed by atoms with Crippen LogP contribution in [0.4, 0.5) is 0 Å². The van der Waals surface area contributed by atoms with Crippen LogP contribution >= 0.6 is 15.9 Å². The first-order valence-corrected chi connectivity index (χ1v) is 7.34. The average molecular weight is 346 g/mol. The first-order chi connectivity index (χ1) is 9.74. The molecule has 1 N–H and O–H groups in total. The van der Waals surface area contributed by atoms with Gasteiger partial charge in [0, 0.05) is 17.6 Å². The second-order valence-electron chi connectivity index (χ2n) is 4.50. The van der Waals surface area contributed by atoms with Crippen molar-refractivity contribution in [3.8, 4) is 11.5 Å². The summed E-state index contributed by atoms with van der Waals surface area (Å²) in [5.41, 5.74) is 1.11. The molecule has 1 aromatic carbocycles. The highest BCUT2D eigenvalue weighted by molar-refractivity contribution is 9.10. The molecule has 1 fully saturated rings. The van der Waals surface area contributed by atoms with Gasteiger partial charge in [0.15, 0.2) is 11.5 Å². The molecular weight excluding hydrogens is 326 g/mol. The molecule has 1 atom stereocenters. The van der Waals surface area contributed by atoms with Crippen LogP contribution in [0, 0.1) is 0 Å². The van der Waals surface area contributed by atoms with Crippen LogP contribution in [0.25, 0.3) is 0 Å². The van der Waals surface area contributed by atoms with Gasteiger partial charge in [-0.25, -0.2) is 0 Å². The standard InChI is InChI=1S/C14H20BrNO4/c1-17-13-5-10(12(15)6-14(13)18-2)7-16-8-11-9-19-3-4-20-11/h5-6,11,16H,3-4,7-9H2,1-2H3. The molecule has 112 valence electrons. The SMILES string of the molecule is COc1cc(Br)c(CNCC2COCCO2)cc1OC. The number of nitrogens with one attached hydrogen (secondary N) is 1. The van der Waals surface area contributed by atoms with Crippen molar-refractivity contribution >= 4 is 15.9 Å². The van der Waals surface area contributed by atoms with E-state index >= 15 is 0 Å². The summed E-state index contributed by atoms with van der Waals surface area (Å²) in [7, 11) is 3.26. The molecule has 1 aliphatic heterocycles. The molecule has 5 nitrogen and oxygen atoms in total. The molecule has 0 aromatic heterocycles. The summed E-state index contributed by atoms with van der Waals surface area (Å²) in [4.78, 5) is 0. The number of halogens is 1. The summed E-state index contributed by atoms with van der Waals surface area (Å²) < 4.78 is 22.5. The molecule has 0 aliphatic carbocycles. The number of ether oxygens (including phenoxy) is 4. The molecule has 20 heavy (non-hydrogen) atoms. The molecule has 0 saturated carbocycles. The fourth-order valence-electron chi connectivity index (χ4n) is 2.05. The van der Waals surface area contributed by atoms with E-state index in [1.807, 2.05) is 12.1 Å². The van der Waals surface area contributed by atoms with Crippen molar-refractivity contribution in [1.29, 1.82) is 0 Å². The van der Waals surface area contributed by atoms with Gasteiger partial charge in [-0.3, -0.25) is 0 Å². The minimum Gasteiger partial charge on any atom is -0.493 e. The van der Waals surface area contributed by atoms with E-state index in [9.17, 15) is 0 Å². The number of hydrogen-bond acceptors (Lipinski definition) is 5. The zero-order chi connectivity index (χ0) is 14.4. The summed E-state index contributed by atoms with van der Waals surface area (Å²) in [6.07, 6.45) is 0.127. The van der Waals surface area contributed by atoms with E-state index < -0.39 is 0 Å². The highest BCUT2D eigenvalue weighted by Gasteiger charge is 2.14. The minimum atomic E-state index is 0.127. The normalized spacial score (nSPS) is 18.9. The van der Waals surface area contributed by atoms with Gasteiger partial charge in [0.25, 0.3) is 0 Å². The molecular formula is C14H20BrNO4. The molecule has 6 heteroatoms. The van der Waals surface area contributed by atoms with Gasteiger partial charge in [0.1, 0.15) is 0 Å². The molecule has 1 aliphatic rings. The van der Waals surface area contributed by atoms with Crippen LogP contribution in [0.1, 0.15) is 5.56 Å². The molecule has 0 spiro atoms. The predicted molar refractivity (Wildman–Crippen MR) is 79.5 cm³/mol. The van der Waals surface area contributed by atoms with Crippen LogP contribution in [0.3, 0.4) is 0 Å². The Morgan fingerprint density at radius 2 is 2.00 bits per heavy atom. The van der Waals surface area contributed by atoms with Gasteiger partial charge in [0.05, 0.1) is 40.1 Å². The Balaban J connectivity index is 1.91. The van der Waals surface area contributed by atoms with Gasteiger partial charge in [-0.05, 0) is 17.7 Å². The third-order valence-corrected chi connectivity index (χ3v) is 3.86. The second-order valence-corrected chi connectivity index (χ2v) is 5.35. The zero-order valence-electron chi connectivity index (χ0n) is 11.8. The van der Waals surface area contributed by atoms with Gasteiger partial charge in [-0.2, -0.15) is 0 Å². The zero-order valence-corrected chi connectivity index (χ0v) is 13.4. The number of hydrogen-bond donors (Lipinski definition) is 1. The summed E-state index contributed by atoms with van der Waals surface area (Å²) in [6, 6.07) is 3.88. The average Bonchev–Trinajstić information content (AvgIpc) is 2.49. The van der Waals surface area contributed by atoms with Gasteiger partial charge >= 0.3 is 0 Å². The lowest BCUT2D eigenvalue weighted by molar-refractivity contribution is -0.0864. The van der Waals surface area contributed by atoms with Crippen molar-refractivity contribution in [1.82, 2.24) is 5.32 Å². The predicted octanol–water partition coefficient (Wildman–Crippen LogP) is 1.97. The lowest BCUT2D eigenvalue weighted by Gasteiger charge is -2.23.